The summed E-state index contributed by atoms with van der Waals surface area (Å²) in [6.45, 7) is 4.22. The molecule has 0 saturated heterocycles. The fraction of sp³-hybridized carbons (Fsp3) is 0.571. The molecule has 0 fully saturated rings. The third-order valence-electron chi connectivity index (χ3n) is 3.05. The number of nitrogens with zero attached hydrogens (tertiary/aromatic N) is 1. The molecule has 4 heteroatoms. The lowest BCUT2D eigenvalue weighted by Gasteiger charge is -2.27. The summed E-state index contributed by atoms with van der Waals surface area (Å²) in [5.41, 5.74) is 8.10. The summed E-state index contributed by atoms with van der Waals surface area (Å²) in [7, 11) is 2.11. The molecular formula is C14H23ClN2S. The maximum atomic E-state index is 6.31. The Hall–Kier alpha value is -0.380. The first-order valence-electron chi connectivity index (χ1n) is 6.21. The van der Waals surface area contributed by atoms with Crippen molar-refractivity contribution in [3.8, 4) is 0 Å². The summed E-state index contributed by atoms with van der Waals surface area (Å²) in [6.07, 6.45) is 2.95. The molecule has 0 saturated carbocycles. The smallest absolute Gasteiger partial charge is 0.0459 e. The lowest BCUT2D eigenvalue weighted by molar-refractivity contribution is 0.736. The van der Waals surface area contributed by atoms with E-state index in [0.717, 1.165) is 28.4 Å². The Kier molecular flexibility index (Phi) is 6.33. The van der Waals surface area contributed by atoms with Crippen molar-refractivity contribution in [1.29, 1.82) is 0 Å². The highest BCUT2D eigenvalue weighted by molar-refractivity contribution is 7.98. The van der Waals surface area contributed by atoms with E-state index < -0.39 is 0 Å². The van der Waals surface area contributed by atoms with Crippen molar-refractivity contribution >= 4 is 29.1 Å². The second-order valence-corrected chi connectivity index (χ2v) is 6.19. The molecular weight excluding hydrogens is 264 g/mol. The monoisotopic (exact) mass is 286 g/mol. The first kappa shape index (κ1) is 15.7. The average molecular weight is 287 g/mol. The van der Waals surface area contributed by atoms with Crippen molar-refractivity contribution in [3.63, 3.8) is 0 Å². The summed E-state index contributed by atoms with van der Waals surface area (Å²) >= 11 is 8.17. The van der Waals surface area contributed by atoms with E-state index in [1.54, 1.807) is 0 Å². The zero-order valence-electron chi connectivity index (χ0n) is 11.6. The number of nitrogens with two attached hydrogens (primary N) is 1. The van der Waals surface area contributed by atoms with Crippen molar-refractivity contribution in [2.45, 2.75) is 32.4 Å². The number of rotatable bonds is 6. The minimum absolute atomic E-state index is 0.140. The third-order valence-corrected chi connectivity index (χ3v) is 4.22. The first-order valence-corrected chi connectivity index (χ1v) is 7.98. The van der Waals surface area contributed by atoms with Crippen LogP contribution in [0.3, 0.4) is 0 Å². The molecule has 0 amide bonds. The number of hydrogen-bond acceptors (Lipinski definition) is 3. The van der Waals surface area contributed by atoms with E-state index >= 15 is 0 Å². The highest BCUT2D eigenvalue weighted by Crippen LogP contribution is 2.25. The zero-order chi connectivity index (χ0) is 13.7. The van der Waals surface area contributed by atoms with Crippen LogP contribution in [0, 0.1) is 0 Å². The van der Waals surface area contributed by atoms with Gasteiger partial charge < -0.3 is 10.6 Å². The van der Waals surface area contributed by atoms with Crippen LogP contribution >= 0.6 is 23.4 Å². The lowest BCUT2D eigenvalue weighted by Crippen LogP contribution is -2.30. The summed E-state index contributed by atoms with van der Waals surface area (Å²) < 4.78 is 0. The van der Waals surface area contributed by atoms with Crippen LogP contribution in [0.2, 0.25) is 5.02 Å². The molecule has 2 nitrogen and oxygen atoms in total. The van der Waals surface area contributed by atoms with Crippen LogP contribution in [0.4, 0.5) is 5.69 Å². The maximum Gasteiger partial charge on any atom is 0.0459 e. The number of hydrogen-bond donors (Lipinski definition) is 1. The van der Waals surface area contributed by atoms with Crippen LogP contribution in [0.5, 0.6) is 0 Å². The van der Waals surface area contributed by atoms with E-state index in [-0.39, 0.29) is 6.04 Å². The molecule has 0 spiro atoms. The Labute approximate surface area is 120 Å². The van der Waals surface area contributed by atoms with E-state index in [2.05, 4.69) is 37.3 Å². The van der Waals surface area contributed by atoms with Gasteiger partial charge in [0, 0.05) is 35.6 Å². The third kappa shape index (κ3) is 4.38. The minimum atomic E-state index is 0.140. The molecule has 1 aromatic rings. The quantitative estimate of drug-likeness (QED) is 0.869. The van der Waals surface area contributed by atoms with Gasteiger partial charge in [0.1, 0.15) is 0 Å². The van der Waals surface area contributed by atoms with Gasteiger partial charge in [-0.25, -0.2) is 0 Å². The van der Waals surface area contributed by atoms with E-state index in [9.17, 15) is 0 Å². The molecule has 1 rings (SSSR count). The predicted octanol–water partition coefficient (Wildman–Crippen LogP) is 3.42. The van der Waals surface area contributed by atoms with Crippen LogP contribution in [0.1, 0.15) is 19.4 Å². The van der Waals surface area contributed by atoms with Crippen molar-refractivity contribution in [2.24, 2.45) is 5.73 Å². The second kappa shape index (κ2) is 7.27. The fourth-order valence-electron chi connectivity index (χ4n) is 1.88. The molecule has 0 bridgehead atoms. The van der Waals surface area contributed by atoms with E-state index in [0.29, 0.717) is 6.04 Å². The second-order valence-electron chi connectivity index (χ2n) is 4.87. The molecule has 2 N–H and O–H groups in total. The van der Waals surface area contributed by atoms with E-state index in [1.165, 1.54) is 0 Å². The van der Waals surface area contributed by atoms with Gasteiger partial charge in [-0.2, -0.15) is 11.8 Å². The Morgan fingerprint density at radius 2 is 2.06 bits per heavy atom. The highest BCUT2D eigenvalue weighted by Gasteiger charge is 2.11. The van der Waals surface area contributed by atoms with Gasteiger partial charge in [-0.1, -0.05) is 17.7 Å². The lowest BCUT2D eigenvalue weighted by atomic mass is 10.1. The topological polar surface area (TPSA) is 29.3 Å². The Morgan fingerprint density at radius 3 is 2.56 bits per heavy atom. The molecule has 0 aromatic heterocycles. The normalized spacial score (nSPS) is 14.3. The molecule has 2 atom stereocenters. The van der Waals surface area contributed by atoms with E-state index in [1.807, 2.05) is 24.8 Å². The Morgan fingerprint density at radius 1 is 1.39 bits per heavy atom. The molecule has 18 heavy (non-hydrogen) atoms. The molecule has 0 radical (unpaired) electrons. The van der Waals surface area contributed by atoms with E-state index in [4.69, 9.17) is 17.3 Å². The van der Waals surface area contributed by atoms with Gasteiger partial charge in [0.05, 0.1) is 0 Å². The van der Waals surface area contributed by atoms with Crippen LogP contribution in [-0.4, -0.2) is 31.1 Å². The van der Waals surface area contributed by atoms with Gasteiger partial charge in [0.15, 0.2) is 0 Å². The van der Waals surface area contributed by atoms with Crippen molar-refractivity contribution in [1.82, 2.24) is 0 Å². The van der Waals surface area contributed by atoms with Gasteiger partial charge in [-0.15, -0.1) is 0 Å². The minimum Gasteiger partial charge on any atom is -0.371 e. The summed E-state index contributed by atoms with van der Waals surface area (Å²) in [5.74, 6) is 1.11. The first-order chi connectivity index (χ1) is 8.45. The van der Waals surface area contributed by atoms with Crippen molar-refractivity contribution in [2.75, 3.05) is 24.0 Å². The predicted molar refractivity (Wildman–Crippen MR) is 85.1 cm³/mol. The summed E-state index contributed by atoms with van der Waals surface area (Å²) in [6, 6.07) is 6.89. The SMILES string of the molecule is CSCC(C)N(C)c1ccc(CC(C)N)c(Cl)c1. The fourth-order valence-corrected chi connectivity index (χ4v) is 2.83. The van der Waals surface area contributed by atoms with Gasteiger partial charge in [0.2, 0.25) is 0 Å². The Bertz CT molecular complexity index is 382. The van der Waals surface area contributed by atoms with Gasteiger partial charge in [0.25, 0.3) is 0 Å². The molecule has 1 aromatic carbocycles. The van der Waals surface area contributed by atoms with Crippen LogP contribution in [0.25, 0.3) is 0 Å². The van der Waals surface area contributed by atoms with Crippen LogP contribution in [-0.2, 0) is 6.42 Å². The standard InChI is InChI=1S/C14H23ClN2S/c1-10(16)7-12-5-6-13(8-14(12)15)17(3)11(2)9-18-4/h5-6,8,10-11H,7,9,16H2,1-4H3. The van der Waals surface area contributed by atoms with Crippen molar-refractivity contribution in [3.05, 3.63) is 28.8 Å². The largest absolute Gasteiger partial charge is 0.371 e. The zero-order valence-corrected chi connectivity index (χ0v) is 13.2. The number of anilines is 1. The number of thioether (sulfide) groups is 1. The molecule has 0 aliphatic heterocycles. The number of benzene rings is 1. The van der Waals surface area contributed by atoms with Gasteiger partial charge in [-0.05, 0) is 44.2 Å². The molecule has 2 unspecified atom stereocenters. The van der Waals surface area contributed by atoms with Gasteiger partial charge >= 0.3 is 0 Å². The average Bonchev–Trinajstić information content (AvgIpc) is 2.30. The Balaban J connectivity index is 2.83. The maximum absolute atomic E-state index is 6.31. The summed E-state index contributed by atoms with van der Waals surface area (Å²) in [5, 5.41) is 0.813. The summed E-state index contributed by atoms with van der Waals surface area (Å²) in [4.78, 5) is 2.26. The van der Waals surface area contributed by atoms with Crippen LogP contribution in [0.15, 0.2) is 18.2 Å². The highest BCUT2D eigenvalue weighted by atomic mass is 35.5. The molecule has 0 aliphatic rings. The molecule has 0 aliphatic carbocycles. The van der Waals surface area contributed by atoms with Crippen LogP contribution < -0.4 is 10.6 Å². The number of halogens is 1. The van der Waals surface area contributed by atoms with Gasteiger partial charge in [-0.3, -0.25) is 0 Å². The molecule has 0 heterocycles. The molecule has 102 valence electrons. The van der Waals surface area contributed by atoms with Crippen molar-refractivity contribution < 1.29 is 0 Å².